The van der Waals surface area contributed by atoms with Crippen molar-refractivity contribution in [3.63, 3.8) is 0 Å². The van der Waals surface area contributed by atoms with Crippen LogP contribution in [0, 0.1) is 0 Å². The van der Waals surface area contributed by atoms with E-state index in [4.69, 9.17) is 0 Å². The SMILES string of the molecule is c1ccc(-n2c3ccccc3c3cc(-c4ccc(-c5ccc6ccc7cccc8ccc5c6c78)cc4-c4ccc5ccc6cccc7ccc4c5c67)ccc32)cc1. The maximum absolute atomic E-state index is 2.46. The molecule has 0 atom stereocenters. The van der Waals surface area contributed by atoms with Crippen molar-refractivity contribution in [2.24, 2.45) is 0 Å². The van der Waals surface area contributed by atoms with Gasteiger partial charge >= 0.3 is 0 Å². The largest absolute Gasteiger partial charge is 0.309 e. The van der Waals surface area contributed by atoms with Crippen molar-refractivity contribution in [3.8, 4) is 39.1 Å². The minimum atomic E-state index is 1.17. The van der Waals surface area contributed by atoms with Gasteiger partial charge in [0.15, 0.2) is 0 Å². The van der Waals surface area contributed by atoms with E-state index in [-0.39, 0.29) is 0 Å². The standard InChI is InChI=1S/C56H33N/c1-2-12-42(13-3-1)57-51-15-5-4-14-46(51)50-33-41(25-31-52(50)57)44-27-24-40(43-26-20-38-18-16-34-8-6-10-36-22-29-47(43)55(38)53(34)36)32-49(44)45-28-21-39-19-17-35-9-7-11-37-23-30-48(45)56(39)54(35)37/h1-33H. The van der Waals surface area contributed by atoms with E-state index < -0.39 is 0 Å². The van der Waals surface area contributed by atoms with Gasteiger partial charge in [-0.15, -0.1) is 0 Å². The fourth-order valence-corrected chi connectivity index (χ4v) is 10.1. The van der Waals surface area contributed by atoms with E-state index in [0.717, 1.165) is 0 Å². The van der Waals surface area contributed by atoms with E-state index in [1.807, 2.05) is 0 Å². The number of benzene rings is 12. The smallest absolute Gasteiger partial charge is 0.0541 e. The Balaban J connectivity index is 1.10. The summed E-state index contributed by atoms with van der Waals surface area (Å²) < 4.78 is 2.40. The average Bonchev–Trinajstić information content (AvgIpc) is 3.61. The molecule has 0 saturated carbocycles. The molecule has 0 fully saturated rings. The molecule has 1 nitrogen and oxygen atoms in total. The van der Waals surface area contributed by atoms with Crippen molar-refractivity contribution in [2.45, 2.75) is 0 Å². The molecule has 1 heterocycles. The second-order valence-electron chi connectivity index (χ2n) is 15.6. The molecule has 262 valence electrons. The first-order chi connectivity index (χ1) is 28.3. The number of aromatic nitrogens is 1. The minimum Gasteiger partial charge on any atom is -0.309 e. The normalized spacial score (nSPS) is 12.2. The maximum Gasteiger partial charge on any atom is 0.0541 e. The third-order valence-corrected chi connectivity index (χ3v) is 12.7. The lowest BCUT2D eigenvalue weighted by Gasteiger charge is -2.19. The zero-order chi connectivity index (χ0) is 37.2. The summed E-state index contributed by atoms with van der Waals surface area (Å²) in [6.07, 6.45) is 0. The third-order valence-electron chi connectivity index (χ3n) is 12.7. The van der Waals surface area contributed by atoms with Crippen LogP contribution in [-0.4, -0.2) is 4.57 Å². The molecule has 0 radical (unpaired) electrons. The van der Waals surface area contributed by atoms with Gasteiger partial charge in [-0.3, -0.25) is 0 Å². The van der Waals surface area contributed by atoms with E-state index in [1.165, 1.54) is 126 Å². The fraction of sp³-hybridized carbons (Fsp3) is 0. The van der Waals surface area contributed by atoms with Crippen LogP contribution < -0.4 is 0 Å². The summed E-state index contributed by atoms with van der Waals surface area (Å²) in [6, 6.07) is 74.8. The zero-order valence-electron chi connectivity index (χ0n) is 31.0. The van der Waals surface area contributed by atoms with Crippen molar-refractivity contribution in [2.75, 3.05) is 0 Å². The second-order valence-corrected chi connectivity index (χ2v) is 15.6. The van der Waals surface area contributed by atoms with Gasteiger partial charge in [0.05, 0.1) is 11.0 Å². The van der Waals surface area contributed by atoms with E-state index in [1.54, 1.807) is 0 Å². The molecule has 0 saturated heterocycles. The maximum atomic E-state index is 2.46. The van der Waals surface area contributed by atoms with Crippen LogP contribution in [0.4, 0.5) is 0 Å². The predicted molar refractivity (Wildman–Crippen MR) is 244 cm³/mol. The Hall–Kier alpha value is -7.48. The van der Waals surface area contributed by atoms with Crippen LogP contribution in [0.5, 0.6) is 0 Å². The highest BCUT2D eigenvalue weighted by molar-refractivity contribution is 6.27. The highest BCUT2D eigenvalue weighted by Crippen LogP contribution is 2.46. The molecular formula is C56H33N. The first-order valence-electron chi connectivity index (χ1n) is 19.8. The zero-order valence-corrected chi connectivity index (χ0v) is 31.0. The summed E-state index contributed by atoms with van der Waals surface area (Å²) in [5.41, 5.74) is 11.0. The van der Waals surface area contributed by atoms with Gasteiger partial charge in [-0.2, -0.15) is 0 Å². The van der Waals surface area contributed by atoms with Gasteiger partial charge in [-0.05, 0) is 134 Å². The molecule has 0 aliphatic rings. The molecular weight excluding hydrogens is 687 g/mol. The molecule has 0 aliphatic heterocycles. The molecule has 57 heavy (non-hydrogen) atoms. The van der Waals surface area contributed by atoms with Crippen LogP contribution in [0.25, 0.3) is 126 Å². The first kappa shape index (κ1) is 30.8. The van der Waals surface area contributed by atoms with E-state index in [0.29, 0.717) is 0 Å². The Morgan fingerprint density at radius 2 is 0.737 bits per heavy atom. The number of rotatable bonds is 4. The van der Waals surface area contributed by atoms with Crippen LogP contribution in [0.1, 0.15) is 0 Å². The average molecular weight is 720 g/mol. The Morgan fingerprint density at radius 1 is 0.246 bits per heavy atom. The number of para-hydroxylation sites is 2. The highest BCUT2D eigenvalue weighted by Gasteiger charge is 2.20. The van der Waals surface area contributed by atoms with Crippen molar-refractivity contribution in [1.29, 1.82) is 0 Å². The Kier molecular flexibility index (Phi) is 6.23. The summed E-state index contributed by atoms with van der Waals surface area (Å²) in [5, 5.41) is 18.2. The van der Waals surface area contributed by atoms with Gasteiger partial charge in [0, 0.05) is 16.5 Å². The number of hydrogen-bond acceptors (Lipinski definition) is 0. The van der Waals surface area contributed by atoms with Gasteiger partial charge < -0.3 is 4.57 Å². The lowest BCUT2D eigenvalue weighted by molar-refractivity contribution is 1.18. The first-order valence-corrected chi connectivity index (χ1v) is 19.8. The molecule has 12 aromatic carbocycles. The van der Waals surface area contributed by atoms with Crippen LogP contribution in [0.15, 0.2) is 200 Å². The number of nitrogens with zero attached hydrogens (tertiary/aromatic N) is 1. The molecule has 1 heteroatoms. The summed E-state index contributed by atoms with van der Waals surface area (Å²) in [5.74, 6) is 0. The second kappa shape index (κ2) is 11.5. The molecule has 0 bridgehead atoms. The monoisotopic (exact) mass is 719 g/mol. The van der Waals surface area contributed by atoms with Gasteiger partial charge in [-0.25, -0.2) is 0 Å². The van der Waals surface area contributed by atoms with Crippen LogP contribution in [0.2, 0.25) is 0 Å². The molecule has 0 N–H and O–H groups in total. The lowest BCUT2D eigenvalue weighted by atomic mass is 9.84. The summed E-state index contributed by atoms with van der Waals surface area (Å²) in [4.78, 5) is 0. The number of fused-ring (bicyclic) bond motifs is 3. The minimum absolute atomic E-state index is 1.17. The topological polar surface area (TPSA) is 4.93 Å². The van der Waals surface area contributed by atoms with Crippen molar-refractivity contribution in [1.82, 2.24) is 4.57 Å². The highest BCUT2D eigenvalue weighted by atomic mass is 15.0. The molecule has 0 spiro atoms. The molecule has 13 aromatic rings. The number of hydrogen-bond donors (Lipinski definition) is 0. The fourth-order valence-electron chi connectivity index (χ4n) is 10.1. The summed E-state index contributed by atoms with van der Waals surface area (Å²) in [6.45, 7) is 0. The summed E-state index contributed by atoms with van der Waals surface area (Å²) in [7, 11) is 0. The van der Waals surface area contributed by atoms with Crippen molar-refractivity contribution in [3.05, 3.63) is 200 Å². The Bertz CT molecular complexity index is 3700. The molecule has 0 amide bonds. The van der Waals surface area contributed by atoms with E-state index in [2.05, 4.69) is 205 Å². The predicted octanol–water partition coefficient (Wildman–Crippen LogP) is 15.6. The van der Waals surface area contributed by atoms with E-state index in [9.17, 15) is 0 Å². The van der Waals surface area contributed by atoms with E-state index >= 15 is 0 Å². The quantitative estimate of drug-likeness (QED) is 0.160. The molecule has 0 unspecified atom stereocenters. The van der Waals surface area contributed by atoms with Crippen LogP contribution >= 0.6 is 0 Å². The van der Waals surface area contributed by atoms with Gasteiger partial charge in [0.25, 0.3) is 0 Å². The van der Waals surface area contributed by atoms with Crippen molar-refractivity contribution < 1.29 is 0 Å². The Labute approximate surface area is 328 Å². The van der Waals surface area contributed by atoms with Crippen LogP contribution in [0.3, 0.4) is 0 Å². The lowest BCUT2D eigenvalue weighted by Crippen LogP contribution is -1.93. The molecule has 0 aliphatic carbocycles. The third kappa shape index (κ3) is 4.34. The van der Waals surface area contributed by atoms with Gasteiger partial charge in [-0.1, -0.05) is 164 Å². The Morgan fingerprint density at radius 3 is 1.42 bits per heavy atom. The van der Waals surface area contributed by atoms with Gasteiger partial charge in [0.1, 0.15) is 0 Å². The van der Waals surface area contributed by atoms with Gasteiger partial charge in [0.2, 0.25) is 0 Å². The van der Waals surface area contributed by atoms with Crippen LogP contribution in [-0.2, 0) is 0 Å². The molecule has 13 rings (SSSR count). The molecule has 1 aromatic heterocycles. The van der Waals surface area contributed by atoms with Crippen molar-refractivity contribution >= 4 is 86.4 Å². The summed E-state index contributed by atoms with van der Waals surface area (Å²) >= 11 is 0.